The van der Waals surface area contributed by atoms with E-state index in [1.807, 2.05) is 11.8 Å². The molecule has 4 nitrogen and oxygen atoms in total. The van der Waals surface area contributed by atoms with E-state index in [0.29, 0.717) is 16.2 Å². The zero-order valence-electron chi connectivity index (χ0n) is 9.86. The summed E-state index contributed by atoms with van der Waals surface area (Å²) in [4.78, 5) is 14.0. The van der Waals surface area contributed by atoms with E-state index >= 15 is 0 Å². The number of hydrogen-bond donors (Lipinski definition) is 1. The summed E-state index contributed by atoms with van der Waals surface area (Å²) in [5.41, 5.74) is 5.91. The third-order valence-electron chi connectivity index (χ3n) is 3.30. The fourth-order valence-corrected chi connectivity index (χ4v) is 2.58. The first-order chi connectivity index (χ1) is 8.09. The van der Waals surface area contributed by atoms with Gasteiger partial charge in [-0.3, -0.25) is 4.79 Å². The summed E-state index contributed by atoms with van der Waals surface area (Å²) >= 11 is 3.31. The van der Waals surface area contributed by atoms with Crippen molar-refractivity contribution >= 4 is 21.8 Å². The van der Waals surface area contributed by atoms with Crippen molar-refractivity contribution in [2.24, 2.45) is 11.7 Å². The van der Waals surface area contributed by atoms with Crippen LogP contribution in [0.5, 0.6) is 0 Å². The van der Waals surface area contributed by atoms with Gasteiger partial charge in [0.05, 0.1) is 10.7 Å². The van der Waals surface area contributed by atoms with Gasteiger partial charge in [-0.1, -0.05) is 0 Å². The lowest BCUT2D eigenvalue weighted by molar-refractivity contribution is 0.0628. The molecule has 1 saturated heterocycles. The summed E-state index contributed by atoms with van der Waals surface area (Å²) in [7, 11) is 0. The summed E-state index contributed by atoms with van der Waals surface area (Å²) < 4.78 is 5.92. The summed E-state index contributed by atoms with van der Waals surface area (Å²) in [5, 5.41) is 0. The van der Waals surface area contributed by atoms with Gasteiger partial charge in [0.25, 0.3) is 5.91 Å². The third kappa shape index (κ3) is 2.72. The van der Waals surface area contributed by atoms with Crippen molar-refractivity contribution in [2.75, 3.05) is 13.1 Å². The van der Waals surface area contributed by atoms with Crippen LogP contribution in [0.2, 0.25) is 0 Å². The highest BCUT2D eigenvalue weighted by molar-refractivity contribution is 9.10. The van der Waals surface area contributed by atoms with Crippen molar-refractivity contribution < 1.29 is 9.21 Å². The van der Waals surface area contributed by atoms with Crippen molar-refractivity contribution in [3.63, 3.8) is 0 Å². The minimum absolute atomic E-state index is 0.0489. The van der Waals surface area contributed by atoms with Crippen LogP contribution >= 0.6 is 15.9 Å². The number of nitrogens with zero attached hydrogens (tertiary/aromatic N) is 1. The molecule has 0 aliphatic carbocycles. The van der Waals surface area contributed by atoms with Gasteiger partial charge in [-0.15, -0.1) is 0 Å². The smallest absolute Gasteiger partial charge is 0.290 e. The van der Waals surface area contributed by atoms with Crippen LogP contribution in [0.25, 0.3) is 0 Å². The zero-order valence-corrected chi connectivity index (χ0v) is 11.4. The van der Waals surface area contributed by atoms with Crippen LogP contribution in [0.15, 0.2) is 21.2 Å². The molecule has 1 aliphatic rings. The van der Waals surface area contributed by atoms with Crippen LogP contribution in [-0.2, 0) is 0 Å². The molecular weight excluding hydrogens is 284 g/mol. The standard InChI is InChI=1S/C12H17BrN2O2/c1-8(14)9-3-2-5-15(7-9)12(16)11-10(13)4-6-17-11/h4,6,8-9H,2-3,5,7,14H2,1H3/t8-,9-/m0/s1. The van der Waals surface area contributed by atoms with E-state index in [4.69, 9.17) is 10.2 Å². The SMILES string of the molecule is C[C@H](N)[C@H]1CCCN(C(=O)c2occc2Br)C1. The van der Waals surface area contributed by atoms with Crippen LogP contribution in [0.1, 0.15) is 30.3 Å². The van der Waals surface area contributed by atoms with Crippen molar-refractivity contribution in [1.82, 2.24) is 4.90 Å². The Balaban J connectivity index is 2.07. The molecule has 94 valence electrons. The average Bonchev–Trinajstić information content (AvgIpc) is 2.74. The molecule has 1 aliphatic heterocycles. The average molecular weight is 301 g/mol. The lowest BCUT2D eigenvalue weighted by Gasteiger charge is -2.34. The van der Waals surface area contributed by atoms with Crippen molar-refractivity contribution in [1.29, 1.82) is 0 Å². The molecule has 0 bridgehead atoms. The van der Waals surface area contributed by atoms with Crippen LogP contribution in [-0.4, -0.2) is 29.9 Å². The van der Waals surface area contributed by atoms with Gasteiger partial charge < -0.3 is 15.1 Å². The Hall–Kier alpha value is -0.810. The van der Waals surface area contributed by atoms with Gasteiger partial charge in [-0.25, -0.2) is 0 Å². The first kappa shape index (κ1) is 12.6. The van der Waals surface area contributed by atoms with E-state index in [0.717, 1.165) is 25.9 Å². The maximum Gasteiger partial charge on any atom is 0.290 e. The number of amides is 1. The number of carbonyl (C=O) groups excluding carboxylic acids is 1. The Labute approximate surface area is 109 Å². The van der Waals surface area contributed by atoms with Crippen LogP contribution in [0.4, 0.5) is 0 Å². The number of piperidine rings is 1. The van der Waals surface area contributed by atoms with Gasteiger partial charge in [-0.2, -0.15) is 0 Å². The molecule has 0 unspecified atom stereocenters. The van der Waals surface area contributed by atoms with Crippen LogP contribution in [0.3, 0.4) is 0 Å². The highest BCUT2D eigenvalue weighted by Crippen LogP contribution is 2.24. The topological polar surface area (TPSA) is 59.5 Å². The second-order valence-corrected chi connectivity index (χ2v) is 5.46. The predicted molar refractivity (Wildman–Crippen MR) is 68.7 cm³/mol. The summed E-state index contributed by atoms with van der Waals surface area (Å²) in [6, 6.07) is 1.87. The largest absolute Gasteiger partial charge is 0.458 e. The first-order valence-corrected chi connectivity index (χ1v) is 6.66. The van der Waals surface area contributed by atoms with E-state index in [1.165, 1.54) is 6.26 Å². The van der Waals surface area contributed by atoms with E-state index in [-0.39, 0.29) is 11.9 Å². The molecule has 1 aromatic rings. The summed E-state index contributed by atoms with van der Waals surface area (Å²) in [5.74, 6) is 0.726. The molecule has 0 spiro atoms. The second-order valence-electron chi connectivity index (χ2n) is 4.61. The quantitative estimate of drug-likeness (QED) is 0.911. The van der Waals surface area contributed by atoms with Gasteiger partial charge in [0, 0.05) is 19.1 Å². The van der Waals surface area contributed by atoms with Gasteiger partial charge in [-0.05, 0) is 47.7 Å². The lowest BCUT2D eigenvalue weighted by atomic mass is 9.92. The van der Waals surface area contributed by atoms with Gasteiger partial charge in [0.2, 0.25) is 5.76 Å². The fraction of sp³-hybridized carbons (Fsp3) is 0.583. The predicted octanol–water partition coefficient (Wildman–Crippen LogP) is 2.24. The maximum absolute atomic E-state index is 12.2. The van der Waals surface area contributed by atoms with Gasteiger partial charge >= 0.3 is 0 Å². The number of halogens is 1. The molecule has 2 atom stereocenters. The minimum atomic E-state index is -0.0489. The number of hydrogen-bond acceptors (Lipinski definition) is 3. The van der Waals surface area contributed by atoms with E-state index < -0.39 is 0 Å². The first-order valence-electron chi connectivity index (χ1n) is 5.87. The minimum Gasteiger partial charge on any atom is -0.458 e. The number of nitrogens with two attached hydrogens (primary N) is 1. The zero-order chi connectivity index (χ0) is 12.4. The van der Waals surface area contributed by atoms with Crippen molar-refractivity contribution in [2.45, 2.75) is 25.8 Å². The number of rotatable bonds is 2. The van der Waals surface area contributed by atoms with Crippen LogP contribution < -0.4 is 5.73 Å². The molecule has 1 aromatic heterocycles. The Bertz CT molecular complexity index is 403. The van der Waals surface area contributed by atoms with Crippen molar-refractivity contribution in [3.05, 3.63) is 22.6 Å². The van der Waals surface area contributed by atoms with E-state index in [9.17, 15) is 4.79 Å². The highest BCUT2D eigenvalue weighted by Gasteiger charge is 2.28. The molecule has 0 saturated carbocycles. The molecular formula is C12H17BrN2O2. The molecule has 0 radical (unpaired) electrons. The summed E-state index contributed by atoms with van der Waals surface area (Å²) in [6.07, 6.45) is 3.63. The molecule has 0 aromatic carbocycles. The molecule has 1 amide bonds. The second kappa shape index (κ2) is 5.23. The molecule has 1 fully saturated rings. The molecule has 17 heavy (non-hydrogen) atoms. The Kier molecular flexibility index (Phi) is 3.89. The number of carbonyl (C=O) groups is 1. The van der Waals surface area contributed by atoms with E-state index in [1.54, 1.807) is 6.07 Å². The molecule has 5 heteroatoms. The van der Waals surface area contributed by atoms with Gasteiger partial charge in [0.15, 0.2) is 0 Å². The Morgan fingerprint density at radius 1 is 1.71 bits per heavy atom. The molecule has 2 heterocycles. The fourth-order valence-electron chi connectivity index (χ4n) is 2.21. The Morgan fingerprint density at radius 2 is 2.47 bits per heavy atom. The Morgan fingerprint density at radius 3 is 3.06 bits per heavy atom. The van der Waals surface area contributed by atoms with Crippen LogP contribution in [0, 0.1) is 5.92 Å². The normalized spacial score (nSPS) is 22.5. The monoisotopic (exact) mass is 300 g/mol. The van der Waals surface area contributed by atoms with E-state index in [2.05, 4.69) is 15.9 Å². The highest BCUT2D eigenvalue weighted by atomic mass is 79.9. The maximum atomic E-state index is 12.2. The third-order valence-corrected chi connectivity index (χ3v) is 3.92. The molecule has 2 N–H and O–H groups in total. The van der Waals surface area contributed by atoms with Gasteiger partial charge in [0.1, 0.15) is 0 Å². The molecule has 2 rings (SSSR count). The number of furan rings is 1. The number of likely N-dealkylation sites (tertiary alicyclic amines) is 1. The lowest BCUT2D eigenvalue weighted by Crippen LogP contribution is -2.45. The van der Waals surface area contributed by atoms with Crippen molar-refractivity contribution in [3.8, 4) is 0 Å². The summed E-state index contributed by atoms with van der Waals surface area (Å²) in [6.45, 7) is 3.51.